The monoisotopic (exact) mass is 161 g/mol. The number of ether oxygens (including phenoxy) is 2. The van der Waals surface area contributed by atoms with Gasteiger partial charge in [-0.25, -0.2) is 0 Å². The quantitative estimate of drug-likeness (QED) is 0.591. The Morgan fingerprint density at radius 2 is 1.64 bits per heavy atom. The lowest BCUT2D eigenvalue weighted by molar-refractivity contribution is -0.161. The molecule has 3 nitrogen and oxygen atoms in total. The largest absolute Gasteiger partial charge is 0.353 e. The number of rotatable bonds is 6. The zero-order valence-corrected chi connectivity index (χ0v) is 7.67. The highest BCUT2D eigenvalue weighted by atomic mass is 16.7. The second kappa shape index (κ2) is 6.58. The van der Waals surface area contributed by atoms with Crippen LogP contribution in [0.15, 0.2) is 0 Å². The number of hydrogen-bond donors (Lipinski definition) is 1. The molecular formula is C8H19NO2. The maximum absolute atomic E-state index is 5.47. The summed E-state index contributed by atoms with van der Waals surface area (Å²) in [4.78, 5) is 0. The van der Waals surface area contributed by atoms with Crippen LogP contribution in [-0.2, 0) is 9.47 Å². The fourth-order valence-corrected chi connectivity index (χ4v) is 0.816. The van der Waals surface area contributed by atoms with Gasteiger partial charge in [-0.15, -0.1) is 0 Å². The van der Waals surface area contributed by atoms with Crippen LogP contribution < -0.4 is 5.73 Å². The average molecular weight is 161 g/mol. The molecule has 11 heavy (non-hydrogen) atoms. The first kappa shape index (κ1) is 10.9. The molecule has 68 valence electrons. The second-order valence-corrected chi connectivity index (χ2v) is 2.49. The third kappa shape index (κ3) is 4.35. The van der Waals surface area contributed by atoms with Crippen molar-refractivity contribution in [2.24, 2.45) is 11.7 Å². The van der Waals surface area contributed by atoms with Crippen molar-refractivity contribution in [3.05, 3.63) is 0 Å². The van der Waals surface area contributed by atoms with Crippen molar-refractivity contribution >= 4 is 0 Å². The third-order valence-electron chi connectivity index (χ3n) is 1.50. The van der Waals surface area contributed by atoms with Crippen LogP contribution in [0.1, 0.15) is 20.8 Å². The molecule has 0 aliphatic carbocycles. The summed E-state index contributed by atoms with van der Waals surface area (Å²) in [5.41, 5.74) is 5.47. The van der Waals surface area contributed by atoms with E-state index in [1.54, 1.807) is 0 Å². The van der Waals surface area contributed by atoms with E-state index in [0.717, 1.165) is 0 Å². The van der Waals surface area contributed by atoms with Crippen molar-refractivity contribution in [3.8, 4) is 0 Å². The molecule has 1 atom stereocenters. The molecule has 3 heteroatoms. The van der Waals surface area contributed by atoms with E-state index in [-0.39, 0.29) is 12.2 Å². The molecule has 2 N–H and O–H groups in total. The van der Waals surface area contributed by atoms with E-state index in [1.807, 2.05) is 20.8 Å². The van der Waals surface area contributed by atoms with Gasteiger partial charge in [0.2, 0.25) is 0 Å². The molecule has 0 fully saturated rings. The van der Waals surface area contributed by atoms with Crippen molar-refractivity contribution in [1.29, 1.82) is 0 Å². The van der Waals surface area contributed by atoms with Gasteiger partial charge >= 0.3 is 0 Å². The Balaban J connectivity index is 3.66. The Bertz CT molecular complexity index is 82.2. The van der Waals surface area contributed by atoms with Crippen molar-refractivity contribution < 1.29 is 9.47 Å². The van der Waals surface area contributed by atoms with E-state index in [9.17, 15) is 0 Å². The molecule has 0 amide bonds. The first-order valence-electron chi connectivity index (χ1n) is 4.19. The Hall–Kier alpha value is -0.120. The highest BCUT2D eigenvalue weighted by Gasteiger charge is 2.15. The summed E-state index contributed by atoms with van der Waals surface area (Å²) in [7, 11) is 0. The first-order valence-corrected chi connectivity index (χ1v) is 4.19. The van der Waals surface area contributed by atoms with E-state index in [4.69, 9.17) is 15.2 Å². The minimum atomic E-state index is -0.130. The molecule has 0 aliphatic heterocycles. The minimum absolute atomic E-state index is 0.130. The van der Waals surface area contributed by atoms with Gasteiger partial charge in [0.25, 0.3) is 0 Å². The van der Waals surface area contributed by atoms with Crippen LogP contribution in [0.3, 0.4) is 0 Å². The second-order valence-electron chi connectivity index (χ2n) is 2.49. The van der Waals surface area contributed by atoms with Crippen LogP contribution in [0, 0.1) is 5.92 Å². The summed E-state index contributed by atoms with van der Waals surface area (Å²) in [6.07, 6.45) is -0.130. The lowest BCUT2D eigenvalue weighted by atomic mass is 10.2. The lowest BCUT2D eigenvalue weighted by Crippen LogP contribution is -2.30. The zero-order chi connectivity index (χ0) is 8.69. The van der Waals surface area contributed by atoms with Gasteiger partial charge < -0.3 is 15.2 Å². The van der Waals surface area contributed by atoms with Gasteiger partial charge in [-0.05, 0) is 20.4 Å². The van der Waals surface area contributed by atoms with E-state index in [0.29, 0.717) is 19.8 Å². The maximum atomic E-state index is 5.47. The van der Waals surface area contributed by atoms with Gasteiger partial charge in [0, 0.05) is 19.1 Å². The van der Waals surface area contributed by atoms with Gasteiger partial charge in [0.05, 0.1) is 0 Å². The summed E-state index contributed by atoms with van der Waals surface area (Å²) in [5.74, 6) is 0.273. The Morgan fingerprint density at radius 3 is 1.91 bits per heavy atom. The highest BCUT2D eigenvalue weighted by molar-refractivity contribution is 4.57. The standard InChI is InChI=1S/C8H19NO2/c1-4-10-8(11-5-2)7(3)6-9/h7-8H,4-6,9H2,1-3H3. The Morgan fingerprint density at radius 1 is 1.18 bits per heavy atom. The van der Waals surface area contributed by atoms with E-state index >= 15 is 0 Å². The molecule has 0 saturated carbocycles. The Kier molecular flexibility index (Phi) is 6.51. The fraction of sp³-hybridized carbons (Fsp3) is 1.00. The average Bonchev–Trinajstić information content (AvgIpc) is 2.03. The summed E-state index contributed by atoms with van der Waals surface area (Å²) in [6.45, 7) is 7.88. The predicted octanol–water partition coefficient (Wildman–Crippen LogP) is 0.980. The number of hydrogen-bond acceptors (Lipinski definition) is 3. The lowest BCUT2D eigenvalue weighted by Gasteiger charge is -2.21. The molecule has 0 aromatic rings. The molecular weight excluding hydrogens is 142 g/mol. The topological polar surface area (TPSA) is 44.5 Å². The maximum Gasteiger partial charge on any atom is 0.161 e. The third-order valence-corrected chi connectivity index (χ3v) is 1.50. The zero-order valence-electron chi connectivity index (χ0n) is 7.67. The predicted molar refractivity (Wildman–Crippen MR) is 45.3 cm³/mol. The number of nitrogens with two attached hydrogens (primary N) is 1. The molecule has 0 spiro atoms. The molecule has 0 heterocycles. The van der Waals surface area contributed by atoms with E-state index in [2.05, 4.69) is 0 Å². The van der Waals surface area contributed by atoms with Crippen LogP contribution in [0.5, 0.6) is 0 Å². The van der Waals surface area contributed by atoms with Crippen LogP contribution in [0.25, 0.3) is 0 Å². The van der Waals surface area contributed by atoms with Gasteiger partial charge in [0.15, 0.2) is 6.29 Å². The highest BCUT2D eigenvalue weighted by Crippen LogP contribution is 2.07. The minimum Gasteiger partial charge on any atom is -0.353 e. The van der Waals surface area contributed by atoms with Gasteiger partial charge in [0.1, 0.15) is 0 Å². The van der Waals surface area contributed by atoms with Crippen LogP contribution in [0.2, 0.25) is 0 Å². The van der Waals surface area contributed by atoms with Crippen molar-refractivity contribution in [3.63, 3.8) is 0 Å². The first-order chi connectivity index (χ1) is 5.26. The summed E-state index contributed by atoms with van der Waals surface area (Å²) in [5, 5.41) is 0. The fourth-order valence-electron chi connectivity index (χ4n) is 0.816. The molecule has 0 bridgehead atoms. The summed E-state index contributed by atoms with van der Waals surface area (Å²) >= 11 is 0. The molecule has 0 aliphatic rings. The summed E-state index contributed by atoms with van der Waals surface area (Å²) < 4.78 is 10.7. The van der Waals surface area contributed by atoms with Gasteiger partial charge in [-0.3, -0.25) is 0 Å². The van der Waals surface area contributed by atoms with Crippen molar-refractivity contribution in [2.45, 2.75) is 27.1 Å². The van der Waals surface area contributed by atoms with E-state index in [1.165, 1.54) is 0 Å². The van der Waals surface area contributed by atoms with Gasteiger partial charge in [-0.1, -0.05) is 6.92 Å². The normalized spacial score (nSPS) is 13.9. The van der Waals surface area contributed by atoms with Crippen molar-refractivity contribution in [1.82, 2.24) is 0 Å². The smallest absolute Gasteiger partial charge is 0.161 e. The Labute approximate surface area is 68.9 Å². The molecule has 0 aromatic carbocycles. The summed E-state index contributed by atoms with van der Waals surface area (Å²) in [6, 6.07) is 0. The van der Waals surface area contributed by atoms with Crippen LogP contribution in [-0.4, -0.2) is 26.0 Å². The molecule has 0 aromatic heterocycles. The van der Waals surface area contributed by atoms with Crippen LogP contribution >= 0.6 is 0 Å². The van der Waals surface area contributed by atoms with E-state index < -0.39 is 0 Å². The van der Waals surface area contributed by atoms with Gasteiger partial charge in [-0.2, -0.15) is 0 Å². The SMILES string of the molecule is CCOC(OCC)C(C)CN. The molecule has 1 unspecified atom stereocenters. The van der Waals surface area contributed by atoms with Crippen molar-refractivity contribution in [2.75, 3.05) is 19.8 Å². The molecule has 0 radical (unpaired) electrons. The van der Waals surface area contributed by atoms with Crippen LogP contribution in [0.4, 0.5) is 0 Å². The molecule has 0 rings (SSSR count). The molecule has 0 saturated heterocycles.